The van der Waals surface area contributed by atoms with Gasteiger partial charge >= 0.3 is 18.4 Å². The number of likely N-dealkylation sites (tertiary alicyclic amines) is 2. The van der Waals surface area contributed by atoms with Gasteiger partial charge in [-0.2, -0.15) is 26.3 Å². The van der Waals surface area contributed by atoms with Gasteiger partial charge in [-0.3, -0.25) is 9.89 Å². The number of alkyl halides is 6. The molecule has 0 aromatic heterocycles. The lowest BCUT2D eigenvalue weighted by atomic mass is 10.0. The van der Waals surface area contributed by atoms with E-state index in [0.29, 0.717) is 30.4 Å². The molecule has 200 valence electrons. The lowest BCUT2D eigenvalue weighted by molar-refractivity contribution is -0.308. The molecular weight excluding hydrogens is 514 g/mol. The van der Waals surface area contributed by atoms with Gasteiger partial charge in [-0.05, 0) is 43.4 Å². The summed E-state index contributed by atoms with van der Waals surface area (Å²) in [5.41, 5.74) is 8.39. The highest BCUT2D eigenvalue weighted by Gasteiger charge is 2.60. The van der Waals surface area contributed by atoms with Crippen molar-refractivity contribution in [1.82, 2.24) is 9.80 Å². The number of amides is 1. The minimum atomic E-state index is -5.75. The fraction of sp³-hybridized carbons (Fsp3) is 0.565. The van der Waals surface area contributed by atoms with Gasteiger partial charge in [-0.15, -0.1) is 0 Å². The van der Waals surface area contributed by atoms with Crippen LogP contribution in [0.3, 0.4) is 0 Å². The van der Waals surface area contributed by atoms with Crippen LogP contribution in [0.25, 0.3) is 5.70 Å². The molecule has 3 rings (SSSR count). The molecule has 2 heterocycles. The van der Waals surface area contributed by atoms with Gasteiger partial charge in [0.1, 0.15) is 0 Å². The summed E-state index contributed by atoms with van der Waals surface area (Å²) in [6.45, 7) is 5.24. The van der Waals surface area contributed by atoms with Crippen LogP contribution in [0.2, 0.25) is 5.02 Å². The van der Waals surface area contributed by atoms with Crippen LogP contribution in [0.5, 0.6) is 0 Å². The number of halogens is 7. The molecule has 2 N–H and O–H groups in total. The van der Waals surface area contributed by atoms with E-state index in [4.69, 9.17) is 17.3 Å². The van der Waals surface area contributed by atoms with Crippen LogP contribution < -0.4 is 5.73 Å². The summed E-state index contributed by atoms with van der Waals surface area (Å²) in [5.74, 6) is -0.244. The summed E-state index contributed by atoms with van der Waals surface area (Å²) in [4.78, 5) is 19.5. The Labute approximate surface area is 209 Å². The van der Waals surface area contributed by atoms with Gasteiger partial charge in [-0.1, -0.05) is 23.7 Å². The van der Waals surface area contributed by atoms with E-state index in [1.165, 1.54) is 0 Å². The smallest absolute Gasteiger partial charge is 0.426 e. The molecule has 13 heteroatoms. The van der Waals surface area contributed by atoms with Crippen molar-refractivity contribution in [2.45, 2.75) is 38.3 Å². The largest absolute Gasteiger partial charge is 0.434 e. The second-order valence-electron chi connectivity index (χ2n) is 9.29. The van der Waals surface area contributed by atoms with Crippen LogP contribution in [0, 0.1) is 11.8 Å². The van der Waals surface area contributed by atoms with Gasteiger partial charge in [0.15, 0.2) is 0 Å². The SMILES string of the molecule is CC(C)N=CC(CN1CC2CN(C(=O)OC(C(F)(F)F)C(F)(F)F)CC2C1)=C(N)c1cccc(Cl)c1. The molecule has 1 amide bonds. The Morgan fingerprint density at radius 2 is 1.72 bits per heavy atom. The number of rotatable bonds is 6. The first-order valence-corrected chi connectivity index (χ1v) is 11.6. The Morgan fingerprint density at radius 3 is 2.22 bits per heavy atom. The van der Waals surface area contributed by atoms with E-state index in [1.54, 1.807) is 24.4 Å². The first kappa shape index (κ1) is 28.1. The summed E-state index contributed by atoms with van der Waals surface area (Å²) < 4.78 is 80.2. The molecule has 36 heavy (non-hydrogen) atoms. The number of nitrogens with zero attached hydrogens (tertiary/aromatic N) is 3. The standard InChI is InChI=1S/C23H27ClF6N4O2/c1-13(2)32-7-15(19(31)14-4-3-5-18(24)6-14)8-33-9-16-11-34(12-17(16)10-33)21(35)36-20(22(25,26)27)23(28,29)30/h3-7,13,16-17,20H,8-12,31H2,1-2H3. The molecule has 2 atom stereocenters. The second kappa shape index (κ2) is 10.9. The molecule has 0 bridgehead atoms. The zero-order valence-electron chi connectivity index (χ0n) is 19.6. The predicted molar refractivity (Wildman–Crippen MR) is 124 cm³/mol. The van der Waals surface area contributed by atoms with Gasteiger partial charge in [0.2, 0.25) is 0 Å². The van der Waals surface area contributed by atoms with Crippen molar-refractivity contribution in [3.63, 3.8) is 0 Å². The molecule has 2 unspecified atom stereocenters. The fourth-order valence-corrected chi connectivity index (χ4v) is 4.57. The van der Waals surface area contributed by atoms with Gasteiger partial charge in [-0.25, -0.2) is 4.79 Å². The van der Waals surface area contributed by atoms with Crippen molar-refractivity contribution in [3.8, 4) is 0 Å². The summed E-state index contributed by atoms with van der Waals surface area (Å²) >= 11 is 6.09. The number of ether oxygens (including phenoxy) is 1. The molecule has 0 aliphatic carbocycles. The zero-order valence-corrected chi connectivity index (χ0v) is 20.4. The maximum atomic E-state index is 12.7. The van der Waals surface area contributed by atoms with Crippen LogP contribution in [0.4, 0.5) is 31.1 Å². The van der Waals surface area contributed by atoms with Crippen LogP contribution in [0.1, 0.15) is 19.4 Å². The van der Waals surface area contributed by atoms with Crippen molar-refractivity contribution in [2.75, 3.05) is 32.7 Å². The van der Waals surface area contributed by atoms with Crippen molar-refractivity contribution >= 4 is 29.6 Å². The highest BCUT2D eigenvalue weighted by molar-refractivity contribution is 6.30. The molecule has 0 spiro atoms. The zero-order chi connectivity index (χ0) is 26.8. The Hall–Kier alpha value is -2.47. The quantitative estimate of drug-likeness (QED) is 0.408. The number of hydrogen-bond donors (Lipinski definition) is 1. The molecule has 0 saturated carbocycles. The van der Waals surface area contributed by atoms with E-state index in [1.807, 2.05) is 19.9 Å². The normalized spacial score (nSPS) is 22.0. The predicted octanol–water partition coefficient (Wildman–Crippen LogP) is 4.98. The molecule has 1 aromatic rings. The lowest BCUT2D eigenvalue weighted by Crippen LogP contribution is -2.48. The van der Waals surface area contributed by atoms with Gasteiger partial charge in [0.05, 0.1) is 0 Å². The minimum Gasteiger partial charge on any atom is -0.426 e. The van der Waals surface area contributed by atoms with Gasteiger partial charge in [0.25, 0.3) is 6.10 Å². The van der Waals surface area contributed by atoms with Crippen LogP contribution in [0.15, 0.2) is 34.8 Å². The lowest BCUT2D eigenvalue weighted by Gasteiger charge is -2.26. The number of carbonyl (C=O) groups is 1. The van der Waals surface area contributed by atoms with E-state index in [-0.39, 0.29) is 31.0 Å². The monoisotopic (exact) mass is 540 g/mol. The molecular formula is C23H27ClF6N4O2. The number of aliphatic imine (C=N–C) groups is 1. The first-order valence-electron chi connectivity index (χ1n) is 11.2. The Balaban J connectivity index is 1.66. The number of nitrogens with two attached hydrogens (primary N) is 1. The molecule has 6 nitrogen and oxygen atoms in total. The van der Waals surface area contributed by atoms with Crippen LogP contribution >= 0.6 is 11.6 Å². The Bertz CT molecular complexity index is 983. The van der Waals surface area contributed by atoms with Crippen molar-refractivity contribution in [3.05, 3.63) is 40.4 Å². The third kappa shape index (κ3) is 7.06. The van der Waals surface area contributed by atoms with Crippen molar-refractivity contribution in [2.24, 2.45) is 22.6 Å². The average Bonchev–Trinajstić information content (AvgIpc) is 3.31. The summed E-state index contributed by atoms with van der Waals surface area (Å²) in [7, 11) is 0. The molecule has 2 fully saturated rings. The van der Waals surface area contributed by atoms with E-state index in [2.05, 4.69) is 14.6 Å². The maximum absolute atomic E-state index is 12.7. The summed E-state index contributed by atoms with van der Waals surface area (Å²) in [6, 6.07) is 7.09. The van der Waals surface area contributed by atoms with E-state index in [0.717, 1.165) is 16.0 Å². The van der Waals surface area contributed by atoms with E-state index >= 15 is 0 Å². The van der Waals surface area contributed by atoms with E-state index in [9.17, 15) is 31.1 Å². The highest BCUT2D eigenvalue weighted by atomic mass is 35.5. The van der Waals surface area contributed by atoms with Crippen LogP contribution in [-0.2, 0) is 4.74 Å². The maximum Gasteiger partial charge on any atom is 0.434 e. The number of carbonyl (C=O) groups excluding carboxylic acids is 1. The van der Waals surface area contributed by atoms with E-state index < -0.39 is 24.5 Å². The van der Waals surface area contributed by atoms with Crippen molar-refractivity contribution in [1.29, 1.82) is 0 Å². The number of fused-ring (bicyclic) bond motifs is 1. The molecule has 0 radical (unpaired) electrons. The number of benzene rings is 1. The highest BCUT2D eigenvalue weighted by Crippen LogP contribution is 2.37. The molecule has 2 saturated heterocycles. The molecule has 1 aromatic carbocycles. The molecule has 2 aliphatic rings. The average molecular weight is 541 g/mol. The Morgan fingerprint density at radius 1 is 1.14 bits per heavy atom. The molecule has 2 aliphatic heterocycles. The third-order valence-corrected chi connectivity index (χ3v) is 6.27. The minimum absolute atomic E-state index is 0.00530. The van der Waals surface area contributed by atoms with Crippen LogP contribution in [-0.4, -0.2) is 79.3 Å². The summed E-state index contributed by atoms with van der Waals surface area (Å²) in [5, 5.41) is 0.525. The summed E-state index contributed by atoms with van der Waals surface area (Å²) in [6.07, 6.45) is -15.6. The van der Waals surface area contributed by atoms with Gasteiger partial charge < -0.3 is 15.4 Å². The van der Waals surface area contributed by atoms with Crippen molar-refractivity contribution < 1.29 is 35.9 Å². The number of hydrogen-bond acceptors (Lipinski definition) is 5. The van der Waals surface area contributed by atoms with Gasteiger partial charge in [0, 0.05) is 61.3 Å². The topological polar surface area (TPSA) is 71.2 Å². The Kier molecular flexibility index (Phi) is 8.49. The third-order valence-electron chi connectivity index (χ3n) is 6.04. The fourth-order valence-electron chi connectivity index (χ4n) is 4.38. The first-order chi connectivity index (χ1) is 16.6. The second-order valence-corrected chi connectivity index (χ2v) is 9.72.